The first-order chi connectivity index (χ1) is 15.3. The number of hydrogen-bond acceptors (Lipinski definition) is 8. The number of ketones is 1. The quantitative estimate of drug-likeness (QED) is 0.373. The molecule has 0 radical (unpaired) electrons. The van der Waals surface area contributed by atoms with Crippen molar-refractivity contribution in [1.29, 1.82) is 0 Å². The van der Waals surface area contributed by atoms with Crippen LogP contribution in [-0.4, -0.2) is 36.0 Å². The fraction of sp³-hybridized carbons (Fsp3) is 0.273. The van der Waals surface area contributed by atoms with Gasteiger partial charge in [-0.25, -0.2) is 9.18 Å². The van der Waals surface area contributed by atoms with Gasteiger partial charge in [0.05, 0.1) is 23.7 Å². The minimum atomic E-state index is -0.610. The van der Waals surface area contributed by atoms with Crippen LogP contribution in [0.3, 0.4) is 0 Å². The van der Waals surface area contributed by atoms with Gasteiger partial charge < -0.3 is 19.3 Å². The average molecular weight is 460 g/mol. The van der Waals surface area contributed by atoms with Crippen molar-refractivity contribution in [2.45, 2.75) is 27.4 Å². The van der Waals surface area contributed by atoms with Crippen molar-refractivity contribution in [3.8, 4) is 11.3 Å². The monoisotopic (exact) mass is 460 g/mol. The third-order valence-electron chi connectivity index (χ3n) is 4.37. The third kappa shape index (κ3) is 5.45. The number of amides is 1. The Hall–Kier alpha value is -3.37. The summed E-state index contributed by atoms with van der Waals surface area (Å²) in [4.78, 5) is 36.8. The number of carbonyl (C=O) groups is 3. The molecule has 0 atom stereocenters. The van der Waals surface area contributed by atoms with Crippen LogP contribution in [0.25, 0.3) is 11.3 Å². The maximum Gasteiger partial charge on any atom is 0.341 e. The summed E-state index contributed by atoms with van der Waals surface area (Å²) < 4.78 is 28.7. The maximum atomic E-state index is 13.0. The summed E-state index contributed by atoms with van der Waals surface area (Å²) in [7, 11) is 0. The van der Waals surface area contributed by atoms with Crippen molar-refractivity contribution in [2.24, 2.45) is 0 Å². The molecule has 8 nitrogen and oxygen atoms in total. The van der Waals surface area contributed by atoms with E-state index in [-0.39, 0.29) is 42.0 Å². The van der Waals surface area contributed by atoms with Gasteiger partial charge in [0.15, 0.2) is 11.5 Å². The fourth-order valence-electron chi connectivity index (χ4n) is 2.93. The summed E-state index contributed by atoms with van der Waals surface area (Å²) in [6.45, 7) is 4.55. The highest BCUT2D eigenvalue weighted by Crippen LogP contribution is 2.34. The lowest BCUT2D eigenvalue weighted by atomic mass is 10.1. The van der Waals surface area contributed by atoms with E-state index in [1.54, 1.807) is 32.0 Å². The van der Waals surface area contributed by atoms with Crippen LogP contribution < -0.4 is 5.32 Å². The standard InChI is InChI=1S/C22H21FN2O6S/c1-4-30-22(28)19-12(2)20(13(3)26)32-21(19)24-18(27)11-29-10-16-9-17(31-25-16)14-5-7-15(23)8-6-14/h5-9H,4,10-11H2,1-3H3,(H,24,27). The van der Waals surface area contributed by atoms with E-state index >= 15 is 0 Å². The van der Waals surface area contributed by atoms with Crippen molar-refractivity contribution >= 4 is 34.0 Å². The lowest BCUT2D eigenvalue weighted by Gasteiger charge is -2.07. The molecule has 0 aliphatic carbocycles. The van der Waals surface area contributed by atoms with Gasteiger partial charge in [-0.05, 0) is 50.6 Å². The van der Waals surface area contributed by atoms with Crippen LogP contribution in [-0.2, 0) is 20.9 Å². The molecule has 3 rings (SSSR count). The number of benzene rings is 1. The number of anilines is 1. The van der Waals surface area contributed by atoms with E-state index in [9.17, 15) is 18.8 Å². The van der Waals surface area contributed by atoms with E-state index in [0.29, 0.717) is 27.5 Å². The molecule has 0 saturated heterocycles. The van der Waals surface area contributed by atoms with Crippen molar-refractivity contribution in [2.75, 3.05) is 18.5 Å². The minimum Gasteiger partial charge on any atom is -0.462 e. The van der Waals surface area contributed by atoms with Gasteiger partial charge in [-0.1, -0.05) is 5.16 Å². The largest absolute Gasteiger partial charge is 0.462 e. The second-order valence-electron chi connectivity index (χ2n) is 6.77. The highest BCUT2D eigenvalue weighted by molar-refractivity contribution is 7.18. The predicted molar refractivity (Wildman–Crippen MR) is 115 cm³/mol. The Balaban J connectivity index is 1.61. The number of aromatic nitrogens is 1. The van der Waals surface area contributed by atoms with Gasteiger partial charge in [0.1, 0.15) is 23.1 Å². The number of halogens is 1. The number of rotatable bonds is 9. The number of nitrogens with one attached hydrogen (secondary N) is 1. The lowest BCUT2D eigenvalue weighted by molar-refractivity contribution is -0.121. The molecule has 0 saturated carbocycles. The molecule has 0 aliphatic heterocycles. The number of hydrogen-bond donors (Lipinski definition) is 1. The summed E-state index contributed by atoms with van der Waals surface area (Å²) in [5, 5.41) is 6.71. The van der Waals surface area contributed by atoms with Crippen LogP contribution in [0.2, 0.25) is 0 Å². The number of nitrogens with zero attached hydrogens (tertiary/aromatic N) is 1. The zero-order valence-corrected chi connectivity index (χ0v) is 18.5. The van der Waals surface area contributed by atoms with Crippen LogP contribution in [0, 0.1) is 12.7 Å². The summed E-state index contributed by atoms with van der Waals surface area (Å²) in [5.74, 6) is -1.24. The SMILES string of the molecule is CCOC(=O)c1c(NC(=O)COCc2cc(-c3ccc(F)cc3)on2)sc(C(C)=O)c1C. The van der Waals surface area contributed by atoms with E-state index < -0.39 is 11.9 Å². The van der Waals surface area contributed by atoms with Gasteiger partial charge in [-0.2, -0.15) is 0 Å². The fourth-order valence-corrected chi connectivity index (χ4v) is 4.03. The van der Waals surface area contributed by atoms with E-state index in [2.05, 4.69) is 10.5 Å². The van der Waals surface area contributed by atoms with Crippen LogP contribution >= 0.6 is 11.3 Å². The van der Waals surface area contributed by atoms with E-state index in [1.807, 2.05) is 0 Å². The maximum absolute atomic E-state index is 13.0. The number of thiophene rings is 1. The number of carbonyl (C=O) groups excluding carboxylic acids is 3. The summed E-state index contributed by atoms with van der Waals surface area (Å²) in [5.41, 5.74) is 1.74. The molecule has 3 aromatic rings. The Labute approximate surface area is 187 Å². The molecule has 32 heavy (non-hydrogen) atoms. The van der Waals surface area contributed by atoms with Gasteiger partial charge in [-0.15, -0.1) is 11.3 Å². The molecule has 1 amide bonds. The smallest absolute Gasteiger partial charge is 0.341 e. The Kier molecular flexibility index (Phi) is 7.49. The molecular formula is C22H21FN2O6S. The molecule has 168 valence electrons. The zero-order chi connectivity index (χ0) is 23.3. The first kappa shape index (κ1) is 23.3. The molecule has 2 heterocycles. The Morgan fingerprint density at radius 3 is 2.59 bits per heavy atom. The molecule has 0 bridgehead atoms. The Morgan fingerprint density at radius 2 is 1.94 bits per heavy atom. The van der Waals surface area contributed by atoms with Crippen molar-refractivity contribution in [1.82, 2.24) is 5.16 Å². The molecule has 1 aromatic carbocycles. The minimum absolute atomic E-state index is 0.00497. The molecule has 2 aromatic heterocycles. The molecule has 0 unspecified atom stereocenters. The average Bonchev–Trinajstić information content (AvgIpc) is 3.33. The van der Waals surface area contributed by atoms with Crippen LogP contribution in [0.1, 0.15) is 45.1 Å². The predicted octanol–water partition coefficient (Wildman–Crippen LogP) is 4.39. The van der Waals surface area contributed by atoms with Gasteiger partial charge in [-0.3, -0.25) is 9.59 Å². The molecule has 1 N–H and O–H groups in total. The Bertz CT molecular complexity index is 1140. The first-order valence-electron chi connectivity index (χ1n) is 9.70. The van der Waals surface area contributed by atoms with Gasteiger partial charge >= 0.3 is 5.97 Å². The van der Waals surface area contributed by atoms with Gasteiger partial charge in [0, 0.05) is 11.6 Å². The molecular weight excluding hydrogens is 439 g/mol. The molecule has 10 heteroatoms. The van der Waals surface area contributed by atoms with Crippen LogP contribution in [0.15, 0.2) is 34.9 Å². The topological polar surface area (TPSA) is 108 Å². The normalized spacial score (nSPS) is 10.8. The second-order valence-corrected chi connectivity index (χ2v) is 7.79. The molecule has 0 spiro atoms. The summed E-state index contributed by atoms with van der Waals surface area (Å²) in [6.07, 6.45) is 0. The first-order valence-corrected chi connectivity index (χ1v) is 10.5. The number of ether oxygens (including phenoxy) is 2. The number of esters is 1. The van der Waals surface area contributed by atoms with Crippen molar-refractivity contribution < 1.29 is 32.8 Å². The van der Waals surface area contributed by atoms with Crippen LogP contribution in [0.4, 0.5) is 9.39 Å². The number of Topliss-reactive ketones (excluding diaryl/α,β-unsaturated/α-hetero) is 1. The lowest BCUT2D eigenvalue weighted by Crippen LogP contribution is -2.19. The van der Waals surface area contributed by atoms with Crippen molar-refractivity contribution in [3.05, 3.63) is 57.8 Å². The van der Waals surface area contributed by atoms with Gasteiger partial charge in [0.2, 0.25) is 0 Å². The van der Waals surface area contributed by atoms with E-state index in [1.165, 1.54) is 19.1 Å². The molecule has 0 aliphatic rings. The van der Waals surface area contributed by atoms with Crippen molar-refractivity contribution in [3.63, 3.8) is 0 Å². The highest BCUT2D eigenvalue weighted by Gasteiger charge is 2.25. The molecule has 0 fully saturated rings. The second kappa shape index (κ2) is 10.3. The van der Waals surface area contributed by atoms with Gasteiger partial charge in [0.25, 0.3) is 5.91 Å². The van der Waals surface area contributed by atoms with Crippen LogP contribution in [0.5, 0.6) is 0 Å². The summed E-state index contributed by atoms with van der Waals surface area (Å²) >= 11 is 1.02. The highest BCUT2D eigenvalue weighted by atomic mass is 32.1. The third-order valence-corrected chi connectivity index (χ3v) is 5.68. The van der Waals surface area contributed by atoms with E-state index in [4.69, 9.17) is 14.0 Å². The zero-order valence-electron chi connectivity index (χ0n) is 17.7. The summed E-state index contributed by atoms with van der Waals surface area (Å²) in [6, 6.07) is 7.38. The Morgan fingerprint density at radius 1 is 1.22 bits per heavy atom. The van der Waals surface area contributed by atoms with E-state index in [0.717, 1.165) is 11.3 Å².